The van der Waals surface area contributed by atoms with Crippen molar-refractivity contribution < 1.29 is 4.79 Å². The number of nitrogens with zero attached hydrogens (tertiary/aromatic N) is 3. The van der Waals surface area contributed by atoms with E-state index in [4.69, 9.17) is 5.73 Å². The largest absolute Gasteiger partial charge is 0.367 e. The lowest BCUT2D eigenvalue weighted by atomic mass is 9.88. The maximum Gasteiger partial charge on any atom is 0.254 e. The minimum absolute atomic E-state index is 0.330. The molecule has 31 heavy (non-hydrogen) atoms. The zero-order valence-electron chi connectivity index (χ0n) is 18.0. The summed E-state index contributed by atoms with van der Waals surface area (Å²) in [6, 6.07) is 9.85. The van der Waals surface area contributed by atoms with E-state index in [-0.39, 0.29) is 0 Å². The van der Waals surface area contributed by atoms with Gasteiger partial charge in [0.15, 0.2) is 0 Å². The van der Waals surface area contributed by atoms with Crippen molar-refractivity contribution in [1.82, 2.24) is 14.9 Å². The fourth-order valence-electron chi connectivity index (χ4n) is 4.99. The third-order valence-corrected chi connectivity index (χ3v) is 6.98. The van der Waals surface area contributed by atoms with Crippen LogP contribution in [-0.2, 0) is 0 Å². The summed E-state index contributed by atoms with van der Waals surface area (Å²) in [5.41, 5.74) is 8.15. The smallest absolute Gasteiger partial charge is 0.254 e. The number of hydrogen-bond donors (Lipinski definition) is 3. The van der Waals surface area contributed by atoms with Crippen molar-refractivity contribution >= 4 is 23.4 Å². The Labute approximate surface area is 183 Å². The highest BCUT2D eigenvalue weighted by atomic mass is 16.1. The summed E-state index contributed by atoms with van der Waals surface area (Å²) < 4.78 is 0. The van der Waals surface area contributed by atoms with E-state index in [9.17, 15) is 4.79 Å². The third-order valence-electron chi connectivity index (χ3n) is 6.98. The van der Waals surface area contributed by atoms with Crippen LogP contribution >= 0.6 is 0 Å². The van der Waals surface area contributed by atoms with E-state index >= 15 is 0 Å². The molecule has 0 spiro atoms. The van der Waals surface area contributed by atoms with E-state index in [2.05, 4.69) is 49.8 Å². The number of anilines is 3. The number of hydrogen-bond acceptors (Lipinski definition) is 6. The number of nitrogens with one attached hydrogen (secondary N) is 2. The Hall–Kier alpha value is -2.67. The Kier molecular flexibility index (Phi) is 5.76. The van der Waals surface area contributed by atoms with Crippen molar-refractivity contribution in [3.8, 4) is 0 Å². The normalized spacial score (nSPS) is 20.6. The molecule has 7 heteroatoms. The number of carbonyl (C=O) groups is 1. The minimum atomic E-state index is -0.516. The molecule has 1 aliphatic heterocycles. The zero-order valence-corrected chi connectivity index (χ0v) is 18.0. The highest BCUT2D eigenvalue weighted by Gasteiger charge is 2.28. The van der Waals surface area contributed by atoms with Crippen LogP contribution in [0.25, 0.3) is 0 Å². The molecule has 3 aliphatic rings. The molecule has 0 unspecified atom stereocenters. The summed E-state index contributed by atoms with van der Waals surface area (Å²) in [6.07, 6.45) is 11.8. The van der Waals surface area contributed by atoms with Gasteiger partial charge in [-0.1, -0.05) is 25.0 Å². The van der Waals surface area contributed by atoms with Gasteiger partial charge in [-0.15, -0.1) is 0 Å². The van der Waals surface area contributed by atoms with Crippen LogP contribution in [0, 0.1) is 0 Å². The number of amides is 1. The number of likely N-dealkylation sites (tertiary alicyclic amines) is 1. The molecule has 2 aliphatic carbocycles. The number of benzene rings is 1. The number of rotatable bonds is 7. The molecule has 1 aromatic carbocycles. The Bertz CT molecular complexity index is 912. The first-order chi connectivity index (χ1) is 15.2. The number of primary amides is 1. The molecule has 164 valence electrons. The number of piperidine rings is 1. The fourth-order valence-corrected chi connectivity index (χ4v) is 4.99. The SMILES string of the molecule is NC(=O)c1cnc(Nc2ccc(C3CCN(C4CCCC4)CC3)cc2)nc1NC1CC1. The van der Waals surface area contributed by atoms with Crippen molar-refractivity contribution in [1.29, 1.82) is 0 Å². The summed E-state index contributed by atoms with van der Waals surface area (Å²) in [6.45, 7) is 2.46. The number of aromatic nitrogens is 2. The van der Waals surface area contributed by atoms with Gasteiger partial charge in [0.1, 0.15) is 5.82 Å². The number of carbonyl (C=O) groups excluding carboxylic acids is 1. The molecule has 2 heterocycles. The maximum absolute atomic E-state index is 11.7. The van der Waals surface area contributed by atoms with Crippen molar-refractivity contribution in [2.45, 2.75) is 69.4 Å². The third kappa shape index (κ3) is 4.82. The van der Waals surface area contributed by atoms with Gasteiger partial charge in [-0.2, -0.15) is 4.98 Å². The van der Waals surface area contributed by atoms with Crippen LogP contribution in [0.3, 0.4) is 0 Å². The van der Waals surface area contributed by atoms with Crippen molar-refractivity contribution in [2.24, 2.45) is 5.73 Å². The average molecular weight is 421 g/mol. The molecule has 0 radical (unpaired) electrons. The first-order valence-electron chi connectivity index (χ1n) is 11.7. The van der Waals surface area contributed by atoms with Gasteiger partial charge in [-0.3, -0.25) is 4.79 Å². The average Bonchev–Trinajstić information content (AvgIpc) is 3.43. The highest BCUT2D eigenvalue weighted by molar-refractivity contribution is 5.97. The van der Waals surface area contributed by atoms with Crippen molar-refractivity contribution in [3.05, 3.63) is 41.6 Å². The molecule has 1 aromatic heterocycles. The lowest BCUT2D eigenvalue weighted by Gasteiger charge is -2.36. The molecule has 2 aromatic rings. The molecular formula is C24H32N6O. The van der Waals surface area contributed by atoms with Crippen molar-refractivity contribution in [2.75, 3.05) is 23.7 Å². The van der Waals surface area contributed by atoms with Crippen molar-refractivity contribution in [3.63, 3.8) is 0 Å². The summed E-state index contributed by atoms with van der Waals surface area (Å²) in [7, 11) is 0. The molecule has 4 N–H and O–H groups in total. The standard InChI is InChI=1S/C24H32N6O/c25-22(31)21-15-26-24(29-23(21)27-18-9-10-18)28-19-7-5-16(6-8-19)17-11-13-30(14-12-17)20-3-1-2-4-20/h5-8,15,17-18,20H,1-4,9-14H2,(H2,25,31)(H2,26,27,28,29). The van der Waals surface area contributed by atoms with Gasteiger partial charge in [-0.05, 0) is 75.2 Å². The topological polar surface area (TPSA) is 96.2 Å². The number of nitrogens with two attached hydrogens (primary N) is 1. The second kappa shape index (κ2) is 8.83. The van der Waals surface area contributed by atoms with Crippen LogP contribution < -0.4 is 16.4 Å². The summed E-state index contributed by atoms with van der Waals surface area (Å²) in [5, 5.41) is 6.53. The second-order valence-corrected chi connectivity index (χ2v) is 9.23. The predicted molar refractivity (Wildman–Crippen MR) is 123 cm³/mol. The molecular weight excluding hydrogens is 388 g/mol. The summed E-state index contributed by atoms with van der Waals surface area (Å²) in [5.74, 6) is 1.11. The van der Waals surface area contributed by atoms with E-state index in [1.54, 1.807) is 0 Å². The minimum Gasteiger partial charge on any atom is -0.367 e. The molecule has 0 atom stereocenters. The van der Waals surface area contributed by atoms with Crippen LogP contribution in [0.1, 0.15) is 73.2 Å². The van der Waals surface area contributed by atoms with Crippen LogP contribution in [0.4, 0.5) is 17.5 Å². The second-order valence-electron chi connectivity index (χ2n) is 9.23. The Morgan fingerprint density at radius 3 is 2.35 bits per heavy atom. The van der Waals surface area contributed by atoms with Crippen LogP contribution in [0.15, 0.2) is 30.5 Å². The predicted octanol–water partition coefficient (Wildman–Crippen LogP) is 4.02. The first-order valence-corrected chi connectivity index (χ1v) is 11.7. The molecule has 3 fully saturated rings. The molecule has 0 bridgehead atoms. The van der Waals surface area contributed by atoms with E-state index in [1.165, 1.54) is 63.4 Å². The molecule has 5 rings (SSSR count). The summed E-state index contributed by atoms with van der Waals surface area (Å²) in [4.78, 5) is 23.1. The van der Waals surface area contributed by atoms with Crippen LogP contribution in [0.5, 0.6) is 0 Å². The molecule has 1 saturated heterocycles. The monoisotopic (exact) mass is 420 g/mol. The molecule has 2 saturated carbocycles. The van der Waals surface area contributed by atoms with Crippen LogP contribution in [-0.4, -0.2) is 45.9 Å². The Morgan fingerprint density at radius 2 is 1.71 bits per heavy atom. The van der Waals surface area contributed by atoms with Gasteiger partial charge in [0, 0.05) is 24.0 Å². The van der Waals surface area contributed by atoms with Crippen LogP contribution in [0.2, 0.25) is 0 Å². The van der Waals surface area contributed by atoms with Gasteiger partial charge >= 0.3 is 0 Å². The van der Waals surface area contributed by atoms with E-state index < -0.39 is 5.91 Å². The lowest BCUT2D eigenvalue weighted by molar-refractivity contribution is 0.100. The Balaban J connectivity index is 1.21. The maximum atomic E-state index is 11.7. The quantitative estimate of drug-likeness (QED) is 0.626. The van der Waals surface area contributed by atoms with E-state index in [0.717, 1.165) is 24.6 Å². The zero-order chi connectivity index (χ0) is 21.2. The van der Waals surface area contributed by atoms with E-state index in [1.807, 2.05) is 0 Å². The van der Waals surface area contributed by atoms with Gasteiger partial charge in [-0.25, -0.2) is 4.98 Å². The van der Waals surface area contributed by atoms with Gasteiger partial charge in [0.25, 0.3) is 5.91 Å². The highest BCUT2D eigenvalue weighted by Crippen LogP contribution is 2.33. The first kappa shape index (κ1) is 20.2. The molecule has 1 amide bonds. The fraction of sp³-hybridized carbons (Fsp3) is 0.542. The van der Waals surface area contributed by atoms with Gasteiger partial charge in [0.2, 0.25) is 5.95 Å². The molecule has 7 nitrogen and oxygen atoms in total. The van der Waals surface area contributed by atoms with Gasteiger partial charge in [0.05, 0.1) is 5.56 Å². The lowest BCUT2D eigenvalue weighted by Crippen LogP contribution is -2.39. The van der Waals surface area contributed by atoms with E-state index in [0.29, 0.717) is 29.3 Å². The summed E-state index contributed by atoms with van der Waals surface area (Å²) >= 11 is 0. The van der Waals surface area contributed by atoms with Gasteiger partial charge < -0.3 is 21.3 Å². The Morgan fingerprint density at radius 1 is 1.00 bits per heavy atom.